The van der Waals surface area contributed by atoms with Crippen LogP contribution in [0.3, 0.4) is 0 Å². The van der Waals surface area contributed by atoms with Crippen LogP contribution in [-0.4, -0.2) is 41.1 Å². The molecule has 29 heavy (non-hydrogen) atoms. The Hall–Kier alpha value is -2.31. The van der Waals surface area contributed by atoms with Crippen molar-refractivity contribution in [1.29, 1.82) is 0 Å². The molecular weight excluding hydrogens is 382 g/mol. The Kier molecular flexibility index (Phi) is 7.34. The van der Waals surface area contributed by atoms with Crippen molar-refractivity contribution in [2.45, 2.75) is 49.4 Å². The van der Waals surface area contributed by atoms with Gasteiger partial charge in [0.05, 0.1) is 5.25 Å². The zero-order chi connectivity index (χ0) is 20.8. The van der Waals surface area contributed by atoms with Gasteiger partial charge < -0.3 is 10.6 Å². The summed E-state index contributed by atoms with van der Waals surface area (Å²) in [5, 5.41) is 5.78. The second-order valence-electron chi connectivity index (χ2n) is 7.54. The number of amides is 2. The molecule has 154 valence electrons. The van der Waals surface area contributed by atoms with E-state index in [-0.39, 0.29) is 23.1 Å². The topological polar surface area (TPSA) is 61.4 Å². The van der Waals surface area contributed by atoms with Crippen LogP contribution in [0.25, 0.3) is 0 Å². The molecule has 1 heterocycles. The molecule has 1 fully saturated rings. The largest absolute Gasteiger partial charge is 0.351 e. The lowest BCUT2D eigenvalue weighted by Crippen LogP contribution is -2.41. The maximum Gasteiger partial charge on any atom is 0.233 e. The summed E-state index contributed by atoms with van der Waals surface area (Å²) in [5.41, 5.74) is 2.07. The molecule has 0 bridgehead atoms. The number of nitrogens with one attached hydrogen (secondary N) is 2. The number of benzene rings is 2. The summed E-state index contributed by atoms with van der Waals surface area (Å²) in [7, 11) is 0. The molecular formula is C23H29N3O2S. The molecule has 0 saturated carbocycles. The van der Waals surface area contributed by atoms with Crippen molar-refractivity contribution >= 4 is 29.3 Å². The minimum absolute atomic E-state index is 0.0696. The van der Waals surface area contributed by atoms with Gasteiger partial charge in [-0.1, -0.05) is 30.3 Å². The molecule has 2 aromatic carbocycles. The number of thioether (sulfide) groups is 1. The highest BCUT2D eigenvalue weighted by molar-refractivity contribution is 8.00. The summed E-state index contributed by atoms with van der Waals surface area (Å²) >= 11 is 1.53. The fourth-order valence-electron chi connectivity index (χ4n) is 3.60. The highest BCUT2D eigenvalue weighted by atomic mass is 32.2. The number of carbonyl (C=O) groups excluding carboxylic acids is 2. The van der Waals surface area contributed by atoms with Gasteiger partial charge in [0.25, 0.3) is 0 Å². The van der Waals surface area contributed by atoms with Gasteiger partial charge in [0.15, 0.2) is 0 Å². The number of likely N-dealkylation sites (tertiary alicyclic amines) is 1. The molecule has 1 saturated heterocycles. The standard InChI is InChI=1S/C23H29N3O2S/c1-16(19-7-5-4-6-8-19)26-14-13-21(15-26)25-23(28)17(2)29-22-11-9-20(10-12-22)24-18(3)27/h4-12,16-17,21H,13-15H2,1-3H3,(H,24,27)(H,25,28). The third-order valence-corrected chi connectivity index (χ3v) is 6.36. The minimum atomic E-state index is -0.179. The number of carbonyl (C=O) groups is 2. The quantitative estimate of drug-likeness (QED) is 0.674. The fraction of sp³-hybridized carbons (Fsp3) is 0.391. The molecule has 3 atom stereocenters. The molecule has 2 amide bonds. The Bertz CT molecular complexity index is 826. The number of nitrogens with zero attached hydrogens (tertiary/aromatic N) is 1. The highest BCUT2D eigenvalue weighted by Crippen LogP contribution is 2.27. The van der Waals surface area contributed by atoms with Crippen LogP contribution in [0, 0.1) is 0 Å². The molecule has 1 aliphatic rings. The monoisotopic (exact) mass is 411 g/mol. The average Bonchev–Trinajstić information content (AvgIpc) is 3.17. The number of hydrogen-bond donors (Lipinski definition) is 2. The van der Waals surface area contributed by atoms with E-state index in [1.807, 2.05) is 37.3 Å². The molecule has 3 rings (SSSR count). The Morgan fingerprint density at radius 2 is 1.76 bits per heavy atom. The van der Waals surface area contributed by atoms with Crippen LogP contribution in [0.2, 0.25) is 0 Å². The molecule has 2 aromatic rings. The zero-order valence-corrected chi connectivity index (χ0v) is 18.0. The number of hydrogen-bond acceptors (Lipinski definition) is 4. The van der Waals surface area contributed by atoms with Crippen molar-refractivity contribution in [3.63, 3.8) is 0 Å². The van der Waals surface area contributed by atoms with E-state index >= 15 is 0 Å². The van der Waals surface area contributed by atoms with Crippen LogP contribution >= 0.6 is 11.8 Å². The molecule has 0 aromatic heterocycles. The van der Waals surface area contributed by atoms with Crippen LogP contribution in [0.4, 0.5) is 5.69 Å². The first kappa shape index (κ1) is 21.4. The lowest BCUT2D eigenvalue weighted by molar-refractivity contribution is -0.121. The van der Waals surface area contributed by atoms with Gasteiger partial charge in [0.1, 0.15) is 0 Å². The van der Waals surface area contributed by atoms with Gasteiger partial charge in [-0.3, -0.25) is 14.5 Å². The molecule has 5 nitrogen and oxygen atoms in total. The smallest absolute Gasteiger partial charge is 0.233 e. The second kappa shape index (κ2) is 9.94. The first-order valence-electron chi connectivity index (χ1n) is 10.1. The van der Waals surface area contributed by atoms with E-state index in [2.05, 4.69) is 46.7 Å². The molecule has 0 radical (unpaired) electrons. The lowest BCUT2D eigenvalue weighted by Gasteiger charge is -2.25. The van der Waals surface area contributed by atoms with E-state index in [1.54, 1.807) is 0 Å². The Morgan fingerprint density at radius 1 is 1.07 bits per heavy atom. The van der Waals surface area contributed by atoms with E-state index in [9.17, 15) is 9.59 Å². The number of anilines is 1. The molecule has 2 N–H and O–H groups in total. The van der Waals surface area contributed by atoms with Crippen LogP contribution in [-0.2, 0) is 9.59 Å². The molecule has 1 aliphatic heterocycles. The van der Waals surface area contributed by atoms with Crippen LogP contribution in [0.1, 0.15) is 38.8 Å². The third-order valence-electron chi connectivity index (χ3n) is 5.25. The normalized spacial score (nSPS) is 18.8. The van der Waals surface area contributed by atoms with Gasteiger partial charge in [-0.05, 0) is 50.1 Å². The first-order valence-corrected chi connectivity index (χ1v) is 10.9. The third kappa shape index (κ3) is 6.08. The van der Waals surface area contributed by atoms with E-state index in [0.29, 0.717) is 6.04 Å². The van der Waals surface area contributed by atoms with Crippen LogP contribution in [0.15, 0.2) is 59.5 Å². The zero-order valence-electron chi connectivity index (χ0n) is 17.2. The van der Waals surface area contributed by atoms with E-state index in [1.165, 1.54) is 24.2 Å². The summed E-state index contributed by atoms with van der Waals surface area (Å²) in [6, 6.07) is 18.6. The highest BCUT2D eigenvalue weighted by Gasteiger charge is 2.28. The van der Waals surface area contributed by atoms with Crippen LogP contribution in [0.5, 0.6) is 0 Å². The fourth-order valence-corrected chi connectivity index (χ4v) is 4.47. The molecule has 6 heteroatoms. The van der Waals surface area contributed by atoms with Gasteiger partial charge in [0, 0.05) is 42.7 Å². The van der Waals surface area contributed by atoms with Gasteiger partial charge in [-0.2, -0.15) is 0 Å². The first-order chi connectivity index (χ1) is 13.9. The summed E-state index contributed by atoms with van der Waals surface area (Å²) in [6.45, 7) is 7.52. The molecule has 0 spiro atoms. The van der Waals surface area contributed by atoms with Crippen molar-refractivity contribution in [2.24, 2.45) is 0 Å². The van der Waals surface area contributed by atoms with Gasteiger partial charge in [-0.15, -0.1) is 11.8 Å². The van der Waals surface area contributed by atoms with E-state index in [4.69, 9.17) is 0 Å². The number of rotatable bonds is 7. The van der Waals surface area contributed by atoms with Crippen molar-refractivity contribution in [3.05, 3.63) is 60.2 Å². The van der Waals surface area contributed by atoms with Gasteiger partial charge in [-0.25, -0.2) is 0 Å². The maximum absolute atomic E-state index is 12.7. The molecule has 0 aliphatic carbocycles. The van der Waals surface area contributed by atoms with Crippen molar-refractivity contribution in [3.8, 4) is 0 Å². The second-order valence-corrected chi connectivity index (χ2v) is 8.96. The summed E-state index contributed by atoms with van der Waals surface area (Å²) in [6.07, 6.45) is 0.978. The summed E-state index contributed by atoms with van der Waals surface area (Å²) in [5.74, 6) is -0.0227. The minimum Gasteiger partial charge on any atom is -0.351 e. The SMILES string of the molecule is CC(=O)Nc1ccc(SC(C)C(=O)NC2CCN(C(C)c3ccccc3)C2)cc1. The Labute approximate surface area is 177 Å². The van der Waals surface area contributed by atoms with E-state index in [0.717, 1.165) is 30.1 Å². The van der Waals surface area contributed by atoms with Crippen LogP contribution < -0.4 is 10.6 Å². The van der Waals surface area contributed by atoms with E-state index < -0.39 is 0 Å². The predicted octanol–water partition coefficient (Wildman–Crippen LogP) is 4.08. The predicted molar refractivity (Wildman–Crippen MR) is 119 cm³/mol. The van der Waals surface area contributed by atoms with Crippen molar-refractivity contribution < 1.29 is 9.59 Å². The molecule has 3 unspecified atom stereocenters. The van der Waals surface area contributed by atoms with Crippen molar-refractivity contribution in [1.82, 2.24) is 10.2 Å². The van der Waals surface area contributed by atoms with Gasteiger partial charge in [0.2, 0.25) is 11.8 Å². The van der Waals surface area contributed by atoms with Gasteiger partial charge >= 0.3 is 0 Å². The summed E-state index contributed by atoms with van der Waals surface area (Å²) in [4.78, 5) is 27.2. The van der Waals surface area contributed by atoms with Crippen molar-refractivity contribution in [2.75, 3.05) is 18.4 Å². The summed E-state index contributed by atoms with van der Waals surface area (Å²) < 4.78 is 0. The lowest BCUT2D eigenvalue weighted by atomic mass is 10.1. The Balaban J connectivity index is 1.48. The maximum atomic E-state index is 12.7. The average molecular weight is 412 g/mol. The Morgan fingerprint density at radius 3 is 2.41 bits per heavy atom.